The van der Waals surface area contributed by atoms with Crippen molar-refractivity contribution < 1.29 is 14.3 Å². The Bertz CT molecular complexity index is 295. The third-order valence-electron chi connectivity index (χ3n) is 2.31. The molecule has 4 nitrogen and oxygen atoms in total. The van der Waals surface area contributed by atoms with Crippen LogP contribution < -0.4 is 5.32 Å². The monoisotopic (exact) mass is 225 g/mol. The number of carbonyl (C=O) groups excluding carboxylic acids is 1. The molecule has 0 aliphatic heterocycles. The maximum atomic E-state index is 11.4. The van der Waals surface area contributed by atoms with E-state index in [-0.39, 0.29) is 18.6 Å². The van der Waals surface area contributed by atoms with E-state index in [2.05, 4.69) is 5.32 Å². The second-order valence-electron chi connectivity index (χ2n) is 3.93. The summed E-state index contributed by atoms with van der Waals surface area (Å²) in [4.78, 5) is 11.4. The van der Waals surface area contributed by atoms with Gasteiger partial charge in [0.25, 0.3) is 0 Å². The van der Waals surface area contributed by atoms with Crippen LogP contribution in [0.4, 0.5) is 0 Å². The molecule has 0 aliphatic carbocycles. The fourth-order valence-electron chi connectivity index (χ4n) is 1.53. The number of unbranched alkanes of at least 4 members (excludes halogenated alkanes) is 1. The van der Waals surface area contributed by atoms with Crippen LogP contribution in [0.5, 0.6) is 0 Å². The van der Waals surface area contributed by atoms with Crippen molar-refractivity contribution in [1.82, 2.24) is 5.32 Å². The van der Waals surface area contributed by atoms with Crippen LogP contribution in [0.2, 0.25) is 0 Å². The molecule has 0 saturated carbocycles. The Morgan fingerprint density at radius 2 is 2.38 bits per heavy atom. The summed E-state index contributed by atoms with van der Waals surface area (Å²) in [6.45, 7) is 2.10. The minimum Gasteiger partial charge on any atom is -0.469 e. The molecule has 1 rings (SSSR count). The number of nitrogens with one attached hydrogen (secondary N) is 1. The molecule has 0 aromatic carbocycles. The minimum atomic E-state index is 0.0347. The second-order valence-corrected chi connectivity index (χ2v) is 3.93. The molecule has 1 heterocycles. The van der Waals surface area contributed by atoms with Gasteiger partial charge in [-0.1, -0.05) is 0 Å². The van der Waals surface area contributed by atoms with E-state index in [1.54, 1.807) is 6.26 Å². The summed E-state index contributed by atoms with van der Waals surface area (Å²) in [6.07, 6.45) is 4.22. The van der Waals surface area contributed by atoms with Gasteiger partial charge in [-0.05, 0) is 31.9 Å². The van der Waals surface area contributed by atoms with Crippen LogP contribution in [-0.4, -0.2) is 23.7 Å². The molecular formula is C12H19NO3. The van der Waals surface area contributed by atoms with Gasteiger partial charge in [-0.15, -0.1) is 0 Å². The lowest BCUT2D eigenvalue weighted by Gasteiger charge is -2.12. The number of amides is 1. The van der Waals surface area contributed by atoms with E-state index >= 15 is 0 Å². The third kappa shape index (κ3) is 4.98. The van der Waals surface area contributed by atoms with Gasteiger partial charge in [0.2, 0.25) is 5.91 Å². The smallest absolute Gasteiger partial charge is 0.220 e. The molecule has 0 bridgehead atoms. The molecule has 0 radical (unpaired) electrons. The summed E-state index contributed by atoms with van der Waals surface area (Å²) < 4.78 is 5.20. The zero-order chi connectivity index (χ0) is 11.8. The van der Waals surface area contributed by atoms with Crippen molar-refractivity contribution in [3.05, 3.63) is 24.2 Å². The highest BCUT2D eigenvalue weighted by Crippen LogP contribution is 2.04. The predicted octanol–water partition coefficient (Wildman–Crippen LogP) is 1.49. The van der Waals surface area contributed by atoms with Gasteiger partial charge >= 0.3 is 0 Å². The van der Waals surface area contributed by atoms with E-state index in [1.165, 1.54) is 0 Å². The molecule has 1 aromatic heterocycles. The molecule has 4 heteroatoms. The van der Waals surface area contributed by atoms with Crippen molar-refractivity contribution in [2.24, 2.45) is 0 Å². The van der Waals surface area contributed by atoms with Crippen molar-refractivity contribution in [2.75, 3.05) is 6.61 Å². The largest absolute Gasteiger partial charge is 0.469 e. The molecule has 2 N–H and O–H groups in total. The highest BCUT2D eigenvalue weighted by molar-refractivity contribution is 5.76. The van der Waals surface area contributed by atoms with Crippen LogP contribution in [0.15, 0.2) is 22.8 Å². The average Bonchev–Trinajstić information content (AvgIpc) is 2.70. The molecule has 0 spiro atoms. The lowest BCUT2D eigenvalue weighted by atomic mass is 10.1. The number of aliphatic hydroxyl groups excluding tert-OH is 1. The van der Waals surface area contributed by atoms with Crippen LogP contribution in [0.25, 0.3) is 0 Å². The van der Waals surface area contributed by atoms with E-state index in [4.69, 9.17) is 9.52 Å². The quantitative estimate of drug-likeness (QED) is 0.691. The first-order chi connectivity index (χ1) is 7.72. The van der Waals surface area contributed by atoms with Crippen molar-refractivity contribution in [3.63, 3.8) is 0 Å². The highest BCUT2D eigenvalue weighted by Gasteiger charge is 2.08. The van der Waals surface area contributed by atoms with Crippen LogP contribution in [0.3, 0.4) is 0 Å². The van der Waals surface area contributed by atoms with Gasteiger partial charge < -0.3 is 14.8 Å². The van der Waals surface area contributed by atoms with Crippen LogP contribution in [-0.2, 0) is 11.2 Å². The Morgan fingerprint density at radius 3 is 3.00 bits per heavy atom. The molecule has 1 amide bonds. The van der Waals surface area contributed by atoms with E-state index in [0.29, 0.717) is 19.3 Å². The summed E-state index contributed by atoms with van der Waals surface area (Å²) in [5, 5.41) is 11.5. The predicted molar refractivity (Wildman–Crippen MR) is 61.0 cm³/mol. The summed E-state index contributed by atoms with van der Waals surface area (Å²) in [7, 11) is 0. The zero-order valence-corrected chi connectivity index (χ0v) is 9.61. The molecule has 90 valence electrons. The first kappa shape index (κ1) is 12.8. The Labute approximate surface area is 95.7 Å². The van der Waals surface area contributed by atoms with E-state index in [0.717, 1.165) is 12.2 Å². The van der Waals surface area contributed by atoms with Crippen molar-refractivity contribution in [1.29, 1.82) is 0 Å². The fraction of sp³-hybridized carbons (Fsp3) is 0.583. The molecular weight excluding hydrogens is 206 g/mol. The topological polar surface area (TPSA) is 62.5 Å². The van der Waals surface area contributed by atoms with Crippen molar-refractivity contribution in [3.8, 4) is 0 Å². The maximum absolute atomic E-state index is 11.4. The first-order valence-corrected chi connectivity index (χ1v) is 5.65. The van der Waals surface area contributed by atoms with Gasteiger partial charge in [-0.3, -0.25) is 4.79 Å². The molecule has 0 saturated heterocycles. The molecule has 0 aliphatic rings. The van der Waals surface area contributed by atoms with Gasteiger partial charge in [0, 0.05) is 25.5 Å². The standard InChI is InChI=1S/C12H19NO3/c1-10(9-11-5-4-8-16-11)13-12(15)6-2-3-7-14/h4-5,8,10,14H,2-3,6-7,9H2,1H3,(H,13,15). The Hall–Kier alpha value is -1.29. The second kappa shape index (κ2) is 7.06. The Kier molecular flexibility index (Phi) is 5.64. The number of hydrogen-bond acceptors (Lipinski definition) is 3. The molecule has 1 aromatic rings. The number of furan rings is 1. The van der Waals surface area contributed by atoms with Crippen LogP contribution in [0.1, 0.15) is 31.9 Å². The minimum absolute atomic E-state index is 0.0347. The Balaban J connectivity index is 2.18. The number of aliphatic hydroxyl groups is 1. The van der Waals surface area contributed by atoms with Gasteiger partial charge in [0.1, 0.15) is 5.76 Å². The van der Waals surface area contributed by atoms with Gasteiger partial charge in [-0.25, -0.2) is 0 Å². The van der Waals surface area contributed by atoms with E-state index in [1.807, 2.05) is 19.1 Å². The molecule has 1 atom stereocenters. The summed E-state index contributed by atoms with van der Waals surface area (Å²) >= 11 is 0. The fourth-order valence-corrected chi connectivity index (χ4v) is 1.53. The lowest BCUT2D eigenvalue weighted by molar-refractivity contribution is -0.121. The maximum Gasteiger partial charge on any atom is 0.220 e. The normalized spacial score (nSPS) is 12.4. The van der Waals surface area contributed by atoms with E-state index < -0.39 is 0 Å². The highest BCUT2D eigenvalue weighted by atomic mass is 16.3. The number of hydrogen-bond donors (Lipinski definition) is 2. The van der Waals surface area contributed by atoms with E-state index in [9.17, 15) is 4.79 Å². The lowest BCUT2D eigenvalue weighted by Crippen LogP contribution is -2.33. The average molecular weight is 225 g/mol. The summed E-state index contributed by atoms with van der Waals surface area (Å²) in [5.74, 6) is 0.913. The summed E-state index contributed by atoms with van der Waals surface area (Å²) in [6, 6.07) is 3.81. The number of rotatable bonds is 7. The Morgan fingerprint density at radius 1 is 1.56 bits per heavy atom. The molecule has 16 heavy (non-hydrogen) atoms. The molecule has 1 unspecified atom stereocenters. The van der Waals surface area contributed by atoms with Gasteiger partial charge in [0.15, 0.2) is 0 Å². The van der Waals surface area contributed by atoms with Gasteiger partial charge in [-0.2, -0.15) is 0 Å². The van der Waals surface area contributed by atoms with Crippen LogP contribution >= 0.6 is 0 Å². The first-order valence-electron chi connectivity index (χ1n) is 5.65. The van der Waals surface area contributed by atoms with Crippen molar-refractivity contribution >= 4 is 5.91 Å². The van der Waals surface area contributed by atoms with Crippen molar-refractivity contribution in [2.45, 2.75) is 38.6 Å². The summed E-state index contributed by atoms with van der Waals surface area (Å²) in [5.41, 5.74) is 0. The SMILES string of the molecule is CC(Cc1ccco1)NC(=O)CCCCO. The molecule has 0 fully saturated rings. The third-order valence-corrected chi connectivity index (χ3v) is 2.31. The van der Waals surface area contributed by atoms with Gasteiger partial charge in [0.05, 0.1) is 6.26 Å². The number of carbonyl (C=O) groups is 1. The van der Waals surface area contributed by atoms with Crippen LogP contribution in [0, 0.1) is 0 Å². The zero-order valence-electron chi connectivity index (χ0n) is 9.61.